The lowest BCUT2D eigenvalue weighted by molar-refractivity contribution is -0.290. The maximum Gasteiger partial charge on any atom is 0.198 e. The van der Waals surface area contributed by atoms with Crippen molar-refractivity contribution in [2.24, 2.45) is 0 Å². The Morgan fingerprint density at radius 2 is 1.53 bits per heavy atom. The molecule has 15 atom stereocenters. The average molecular weight is 825 g/mol. The zero-order valence-electron chi connectivity index (χ0n) is 33.6. The molecule has 4 aliphatic heterocycles. The third kappa shape index (κ3) is 7.29. The molecule has 1 aromatic carbocycles. The van der Waals surface area contributed by atoms with E-state index in [0.29, 0.717) is 25.7 Å². The molecule has 59 heavy (non-hydrogen) atoms. The minimum atomic E-state index is -2.82. The van der Waals surface area contributed by atoms with Gasteiger partial charge in [-0.15, -0.1) is 0 Å². The second kappa shape index (κ2) is 15.4. The van der Waals surface area contributed by atoms with Gasteiger partial charge >= 0.3 is 0 Å². The lowest BCUT2D eigenvalue weighted by Crippen LogP contribution is -2.69. The van der Waals surface area contributed by atoms with Gasteiger partial charge in [0.2, 0.25) is 0 Å². The molecule has 5 N–H and O–H groups in total. The monoisotopic (exact) mass is 824 g/mol. The standard InChI is InChI=1S/C43H52O16/c1-19-26(44)8-11-32(54-19)57-29-10-13-34(56-21(29)3)59-41(5)17-31(47)43(52)36-25(14-15-42(43,51)18-41)38(49)35-24(39(36)50)7-6-23(37(35)48)30-16-28(46)40(22(4)53-30)58-33-12-9-27(45)20(2)55-33/h6-8,11,14-15,19-22,27-30,32-34,40,45-46,48,51-52H,9-10,12-13,16-18H2,1-5H3. The predicted molar refractivity (Wildman–Crippen MR) is 202 cm³/mol. The molecular formula is C43H52O16. The van der Waals surface area contributed by atoms with Crippen LogP contribution < -0.4 is 0 Å². The molecule has 0 amide bonds. The van der Waals surface area contributed by atoms with Crippen molar-refractivity contribution >= 4 is 23.1 Å². The zero-order valence-corrected chi connectivity index (χ0v) is 33.6. The summed E-state index contributed by atoms with van der Waals surface area (Å²) in [5.41, 5.74) is -7.96. The number of phenolic OH excluding ortho intramolecular Hbond substituents is 1. The maximum absolute atomic E-state index is 14.3. The Labute approximate surface area is 340 Å². The summed E-state index contributed by atoms with van der Waals surface area (Å²) in [6.45, 7) is 8.47. The van der Waals surface area contributed by atoms with E-state index in [1.807, 2.05) is 0 Å². The fourth-order valence-corrected chi connectivity index (χ4v) is 9.68. The molecule has 15 unspecified atom stereocenters. The molecule has 4 heterocycles. The van der Waals surface area contributed by atoms with Gasteiger partial charge in [0.25, 0.3) is 0 Å². The number of fused-ring (bicyclic) bond motifs is 3. The number of aromatic hydroxyl groups is 1. The molecule has 16 nitrogen and oxygen atoms in total. The number of aliphatic hydroxyl groups excluding tert-OH is 2. The minimum absolute atomic E-state index is 0.0287. The van der Waals surface area contributed by atoms with Gasteiger partial charge in [0.15, 0.2) is 47.6 Å². The van der Waals surface area contributed by atoms with Crippen molar-refractivity contribution < 1.29 is 77.9 Å². The molecule has 320 valence electrons. The summed E-state index contributed by atoms with van der Waals surface area (Å²) in [5.74, 6) is -3.39. The van der Waals surface area contributed by atoms with Gasteiger partial charge in [0.1, 0.15) is 23.6 Å². The van der Waals surface area contributed by atoms with E-state index in [1.54, 1.807) is 40.7 Å². The number of aliphatic hydroxyl groups is 4. The van der Waals surface area contributed by atoms with Crippen LogP contribution in [0.5, 0.6) is 5.75 Å². The molecule has 7 aliphatic rings. The summed E-state index contributed by atoms with van der Waals surface area (Å²) in [6.07, 6.45) is -1.96. The Morgan fingerprint density at radius 1 is 0.797 bits per heavy atom. The van der Waals surface area contributed by atoms with Gasteiger partial charge in [-0.25, -0.2) is 0 Å². The summed E-state index contributed by atoms with van der Waals surface area (Å²) in [4.78, 5) is 54.4. The fourth-order valence-electron chi connectivity index (χ4n) is 9.68. The first-order chi connectivity index (χ1) is 27.8. The Bertz CT molecular complexity index is 2000. The molecule has 1 aromatic rings. The van der Waals surface area contributed by atoms with E-state index in [-0.39, 0.29) is 47.0 Å². The maximum atomic E-state index is 14.3. The van der Waals surface area contributed by atoms with Crippen LogP contribution in [-0.2, 0) is 42.7 Å². The average Bonchev–Trinajstić information content (AvgIpc) is 3.16. The van der Waals surface area contributed by atoms with Gasteiger partial charge in [-0.3, -0.25) is 19.2 Å². The van der Waals surface area contributed by atoms with Gasteiger partial charge in [0.05, 0.1) is 59.5 Å². The van der Waals surface area contributed by atoms with Crippen LogP contribution >= 0.6 is 0 Å². The van der Waals surface area contributed by atoms with Crippen molar-refractivity contribution in [3.8, 4) is 5.75 Å². The SMILES string of the molecule is CC1OC(OC2CCC(OC3(C)CC(=O)C4(O)C5=C(C=CC4(O)C3)C(=O)c3c(ccc(C4CC(O)C(OC6CCC(O)C(C)O6)C(C)O4)c3O)C5=O)OC2C)C=CC1=O. The number of ether oxygens (including phenoxy) is 7. The third-order valence-electron chi connectivity index (χ3n) is 12.9. The minimum Gasteiger partial charge on any atom is -0.507 e. The van der Waals surface area contributed by atoms with Crippen LogP contribution in [0.15, 0.2) is 47.6 Å². The van der Waals surface area contributed by atoms with E-state index in [1.165, 1.54) is 24.3 Å². The number of hydrogen-bond acceptors (Lipinski definition) is 16. The lowest BCUT2D eigenvalue weighted by Gasteiger charge is -2.53. The highest BCUT2D eigenvalue weighted by Gasteiger charge is 2.67. The molecule has 4 fully saturated rings. The van der Waals surface area contributed by atoms with Crippen LogP contribution in [0, 0.1) is 0 Å². The summed E-state index contributed by atoms with van der Waals surface area (Å²) < 4.78 is 42.1. The number of Topliss-reactive ketones (excluding diaryl/α,β-unsaturated/α-hetero) is 3. The van der Waals surface area contributed by atoms with E-state index in [9.17, 15) is 44.7 Å². The molecule has 3 saturated heterocycles. The Morgan fingerprint density at radius 3 is 2.22 bits per heavy atom. The van der Waals surface area contributed by atoms with Crippen molar-refractivity contribution in [3.05, 3.63) is 64.3 Å². The third-order valence-corrected chi connectivity index (χ3v) is 12.9. The first-order valence-electron chi connectivity index (χ1n) is 20.4. The van der Waals surface area contributed by atoms with E-state index in [0.717, 1.165) is 6.08 Å². The Kier molecular flexibility index (Phi) is 11.0. The second-order valence-corrected chi connectivity index (χ2v) is 17.3. The molecule has 1 saturated carbocycles. The highest BCUT2D eigenvalue weighted by molar-refractivity contribution is 6.32. The highest BCUT2D eigenvalue weighted by atomic mass is 16.7. The van der Waals surface area contributed by atoms with Crippen LogP contribution in [-0.4, -0.2) is 133 Å². The fraction of sp³-hybridized carbons (Fsp3) is 0.628. The second-order valence-electron chi connectivity index (χ2n) is 17.3. The van der Waals surface area contributed by atoms with Gasteiger partial charge in [0, 0.05) is 48.8 Å². The van der Waals surface area contributed by atoms with Crippen molar-refractivity contribution in [2.75, 3.05) is 0 Å². The van der Waals surface area contributed by atoms with Crippen molar-refractivity contribution in [1.82, 2.24) is 0 Å². The summed E-state index contributed by atoms with van der Waals surface area (Å²) in [5, 5.41) is 57.1. The van der Waals surface area contributed by atoms with Crippen LogP contribution in [0.3, 0.4) is 0 Å². The van der Waals surface area contributed by atoms with E-state index in [4.69, 9.17) is 33.2 Å². The number of ketones is 4. The quantitative estimate of drug-likeness (QED) is 0.266. The van der Waals surface area contributed by atoms with Gasteiger partial charge in [-0.1, -0.05) is 12.1 Å². The van der Waals surface area contributed by atoms with E-state index in [2.05, 4.69) is 0 Å². The highest BCUT2D eigenvalue weighted by Crippen LogP contribution is 2.53. The molecule has 16 heteroatoms. The number of phenols is 1. The molecule has 0 radical (unpaired) electrons. The van der Waals surface area contributed by atoms with Crippen LogP contribution in [0.2, 0.25) is 0 Å². The normalized spacial score (nSPS) is 43.7. The van der Waals surface area contributed by atoms with Crippen molar-refractivity contribution in [2.45, 2.75) is 170 Å². The smallest absolute Gasteiger partial charge is 0.198 e. The molecule has 8 rings (SSSR count). The Balaban J connectivity index is 0.963. The number of benzene rings is 1. The van der Waals surface area contributed by atoms with E-state index < -0.39 is 120 Å². The van der Waals surface area contributed by atoms with Crippen LogP contribution in [0.25, 0.3) is 0 Å². The lowest BCUT2D eigenvalue weighted by atomic mass is 9.57. The molecule has 0 bridgehead atoms. The van der Waals surface area contributed by atoms with Crippen molar-refractivity contribution in [3.63, 3.8) is 0 Å². The number of hydrogen-bond donors (Lipinski definition) is 5. The topological polar surface area (TPSA) is 234 Å². The van der Waals surface area contributed by atoms with Crippen LogP contribution in [0.1, 0.15) is 112 Å². The summed E-state index contributed by atoms with van der Waals surface area (Å²) >= 11 is 0. The van der Waals surface area contributed by atoms with E-state index >= 15 is 0 Å². The first kappa shape index (κ1) is 42.2. The predicted octanol–water partition coefficient (Wildman–Crippen LogP) is 2.50. The number of allylic oxidation sites excluding steroid dienone is 2. The number of rotatable bonds is 7. The zero-order chi connectivity index (χ0) is 42.3. The van der Waals surface area contributed by atoms with Crippen LogP contribution in [0.4, 0.5) is 0 Å². The van der Waals surface area contributed by atoms with Gasteiger partial charge in [-0.2, -0.15) is 0 Å². The van der Waals surface area contributed by atoms with Crippen molar-refractivity contribution in [1.29, 1.82) is 0 Å². The van der Waals surface area contributed by atoms with Gasteiger partial charge < -0.3 is 58.7 Å². The summed E-state index contributed by atoms with van der Waals surface area (Å²) in [6, 6.07) is 2.70. The number of carbonyl (C=O) groups excluding carboxylic acids is 4. The first-order valence-corrected chi connectivity index (χ1v) is 20.4. The molecular weight excluding hydrogens is 772 g/mol. The molecule has 0 spiro atoms. The Hall–Kier alpha value is -3.52. The number of carbonyl (C=O) groups is 4. The largest absolute Gasteiger partial charge is 0.507 e. The summed E-state index contributed by atoms with van der Waals surface area (Å²) in [7, 11) is 0. The van der Waals surface area contributed by atoms with Gasteiger partial charge in [-0.05, 0) is 71.8 Å². The molecule has 3 aliphatic carbocycles. The molecule has 0 aromatic heterocycles.